The van der Waals surface area contributed by atoms with Crippen molar-refractivity contribution in [3.05, 3.63) is 54.1 Å². The molecule has 0 saturated carbocycles. The lowest BCUT2D eigenvalue weighted by Crippen LogP contribution is -2.48. The lowest BCUT2D eigenvalue weighted by molar-refractivity contribution is -0.117. The molecule has 0 radical (unpaired) electrons. The monoisotopic (exact) mass is 366 g/mol. The Hall–Kier alpha value is -2.44. The number of aromatic nitrogens is 1. The Morgan fingerprint density at radius 2 is 1.81 bits per heavy atom. The van der Waals surface area contributed by atoms with E-state index in [1.165, 1.54) is 10.3 Å². The van der Waals surface area contributed by atoms with Crippen molar-refractivity contribution in [1.29, 1.82) is 0 Å². The minimum absolute atomic E-state index is 0.0438. The standard InChI is InChI=1S/C20H22N4OS/c1-15-6-8-16(9-7-15)21-19(25)14-23-10-12-24(13-11-23)20-22-17-4-2-3-5-18(17)26-20/h2-9H,10-14H2,1H3,(H,21,25). The molecule has 6 heteroatoms. The van der Waals surface area contributed by atoms with Gasteiger partial charge in [-0.05, 0) is 31.2 Å². The fourth-order valence-electron chi connectivity index (χ4n) is 3.13. The summed E-state index contributed by atoms with van der Waals surface area (Å²) in [6, 6.07) is 16.1. The van der Waals surface area contributed by atoms with Gasteiger partial charge in [0.25, 0.3) is 0 Å². The van der Waals surface area contributed by atoms with Crippen LogP contribution < -0.4 is 10.2 Å². The number of amides is 1. The zero-order valence-electron chi connectivity index (χ0n) is 14.8. The summed E-state index contributed by atoms with van der Waals surface area (Å²) in [5.74, 6) is 0.0438. The minimum Gasteiger partial charge on any atom is -0.345 e. The summed E-state index contributed by atoms with van der Waals surface area (Å²) < 4.78 is 1.22. The van der Waals surface area contributed by atoms with Crippen molar-refractivity contribution in [3.63, 3.8) is 0 Å². The molecule has 1 aromatic heterocycles. The largest absolute Gasteiger partial charge is 0.345 e. The fourth-order valence-corrected chi connectivity index (χ4v) is 4.15. The Balaban J connectivity index is 1.30. The van der Waals surface area contributed by atoms with Crippen LogP contribution in [0.5, 0.6) is 0 Å². The highest BCUT2D eigenvalue weighted by Crippen LogP contribution is 2.29. The van der Waals surface area contributed by atoms with Crippen molar-refractivity contribution >= 4 is 38.3 Å². The molecule has 2 heterocycles. The molecular weight excluding hydrogens is 344 g/mol. The average Bonchev–Trinajstić information content (AvgIpc) is 3.08. The molecule has 1 saturated heterocycles. The quantitative estimate of drug-likeness (QED) is 0.769. The highest BCUT2D eigenvalue weighted by atomic mass is 32.1. The van der Waals surface area contributed by atoms with Gasteiger partial charge in [0.2, 0.25) is 5.91 Å². The van der Waals surface area contributed by atoms with Crippen LogP contribution in [0.3, 0.4) is 0 Å². The van der Waals surface area contributed by atoms with Crippen LogP contribution in [0.15, 0.2) is 48.5 Å². The maximum Gasteiger partial charge on any atom is 0.238 e. The summed E-state index contributed by atoms with van der Waals surface area (Å²) in [7, 11) is 0. The van der Waals surface area contributed by atoms with Crippen molar-refractivity contribution in [3.8, 4) is 0 Å². The molecular formula is C20H22N4OS. The van der Waals surface area contributed by atoms with Crippen LogP contribution in [0.25, 0.3) is 10.2 Å². The Morgan fingerprint density at radius 1 is 1.08 bits per heavy atom. The highest BCUT2D eigenvalue weighted by molar-refractivity contribution is 7.22. The number of para-hydroxylation sites is 1. The first kappa shape index (κ1) is 17.0. The van der Waals surface area contributed by atoms with Crippen LogP contribution in [-0.4, -0.2) is 48.5 Å². The van der Waals surface area contributed by atoms with E-state index in [9.17, 15) is 4.79 Å². The summed E-state index contributed by atoms with van der Waals surface area (Å²) in [5, 5.41) is 4.05. The van der Waals surface area contributed by atoms with E-state index < -0.39 is 0 Å². The van der Waals surface area contributed by atoms with E-state index >= 15 is 0 Å². The number of fused-ring (bicyclic) bond motifs is 1. The summed E-state index contributed by atoms with van der Waals surface area (Å²) >= 11 is 1.74. The first-order valence-corrected chi connectivity index (χ1v) is 9.68. The molecule has 3 aromatic rings. The Bertz CT molecular complexity index is 865. The van der Waals surface area contributed by atoms with Gasteiger partial charge in [-0.3, -0.25) is 9.69 Å². The molecule has 0 bridgehead atoms. The molecule has 5 nitrogen and oxygen atoms in total. The van der Waals surface area contributed by atoms with Crippen molar-refractivity contribution in [1.82, 2.24) is 9.88 Å². The second-order valence-corrected chi connectivity index (χ2v) is 7.65. The van der Waals surface area contributed by atoms with Gasteiger partial charge in [0.15, 0.2) is 5.13 Å². The van der Waals surface area contributed by atoms with E-state index in [2.05, 4.69) is 33.3 Å². The lowest BCUT2D eigenvalue weighted by Gasteiger charge is -2.34. The first-order chi connectivity index (χ1) is 12.7. The molecule has 1 aliphatic rings. The van der Waals surface area contributed by atoms with Gasteiger partial charge in [-0.25, -0.2) is 4.98 Å². The molecule has 2 aromatic carbocycles. The number of carbonyl (C=O) groups excluding carboxylic acids is 1. The van der Waals surface area contributed by atoms with E-state index in [1.54, 1.807) is 11.3 Å². The van der Waals surface area contributed by atoms with E-state index in [4.69, 9.17) is 4.98 Å². The molecule has 0 atom stereocenters. The van der Waals surface area contributed by atoms with Gasteiger partial charge in [0.05, 0.1) is 16.8 Å². The molecule has 0 unspecified atom stereocenters. The first-order valence-electron chi connectivity index (χ1n) is 8.87. The molecule has 1 amide bonds. The number of hydrogen-bond donors (Lipinski definition) is 1. The van der Waals surface area contributed by atoms with Crippen molar-refractivity contribution < 1.29 is 4.79 Å². The fraction of sp³-hybridized carbons (Fsp3) is 0.300. The van der Waals surface area contributed by atoms with Gasteiger partial charge >= 0.3 is 0 Å². The zero-order valence-corrected chi connectivity index (χ0v) is 15.6. The lowest BCUT2D eigenvalue weighted by atomic mass is 10.2. The second kappa shape index (κ2) is 7.43. The van der Waals surface area contributed by atoms with Crippen LogP contribution in [0.4, 0.5) is 10.8 Å². The van der Waals surface area contributed by atoms with Gasteiger partial charge in [0, 0.05) is 31.9 Å². The third-order valence-corrected chi connectivity index (χ3v) is 5.73. The van der Waals surface area contributed by atoms with Crippen LogP contribution in [0.1, 0.15) is 5.56 Å². The topological polar surface area (TPSA) is 48.5 Å². The second-order valence-electron chi connectivity index (χ2n) is 6.64. The van der Waals surface area contributed by atoms with E-state index in [0.29, 0.717) is 6.54 Å². The number of aryl methyl sites for hydroxylation is 1. The molecule has 1 aliphatic heterocycles. The van der Waals surface area contributed by atoms with E-state index in [0.717, 1.165) is 42.5 Å². The number of anilines is 2. The molecule has 0 spiro atoms. The average molecular weight is 366 g/mol. The Morgan fingerprint density at radius 3 is 2.54 bits per heavy atom. The number of benzene rings is 2. The highest BCUT2D eigenvalue weighted by Gasteiger charge is 2.21. The van der Waals surface area contributed by atoms with Crippen molar-refractivity contribution in [2.45, 2.75) is 6.92 Å². The molecule has 1 fully saturated rings. The predicted octanol–water partition coefficient (Wildman–Crippen LogP) is 3.37. The number of hydrogen-bond acceptors (Lipinski definition) is 5. The summed E-state index contributed by atoms with van der Waals surface area (Å²) in [4.78, 5) is 21.5. The molecule has 134 valence electrons. The van der Waals surface area contributed by atoms with E-state index in [-0.39, 0.29) is 5.91 Å². The summed E-state index contributed by atoms with van der Waals surface area (Å²) in [6.45, 7) is 6.02. The van der Waals surface area contributed by atoms with Gasteiger partial charge in [-0.15, -0.1) is 0 Å². The number of piperazine rings is 1. The van der Waals surface area contributed by atoms with Crippen molar-refractivity contribution in [2.24, 2.45) is 0 Å². The van der Waals surface area contributed by atoms with Crippen LogP contribution >= 0.6 is 11.3 Å². The number of thiazole rings is 1. The molecule has 0 aliphatic carbocycles. The van der Waals surface area contributed by atoms with Crippen molar-refractivity contribution in [2.75, 3.05) is 42.9 Å². The summed E-state index contributed by atoms with van der Waals surface area (Å²) in [6.07, 6.45) is 0. The number of rotatable bonds is 4. The maximum absolute atomic E-state index is 12.3. The minimum atomic E-state index is 0.0438. The van der Waals surface area contributed by atoms with Gasteiger partial charge < -0.3 is 10.2 Å². The van der Waals surface area contributed by atoms with Gasteiger partial charge in [-0.2, -0.15) is 0 Å². The zero-order chi connectivity index (χ0) is 17.9. The third kappa shape index (κ3) is 3.86. The van der Waals surface area contributed by atoms with Crippen LogP contribution in [0.2, 0.25) is 0 Å². The molecule has 4 rings (SSSR count). The molecule has 1 N–H and O–H groups in total. The SMILES string of the molecule is Cc1ccc(NC(=O)CN2CCN(c3nc4ccccc4s3)CC2)cc1. The molecule has 26 heavy (non-hydrogen) atoms. The number of nitrogens with zero attached hydrogens (tertiary/aromatic N) is 3. The normalized spacial score (nSPS) is 15.3. The smallest absolute Gasteiger partial charge is 0.238 e. The number of carbonyl (C=O) groups is 1. The Kier molecular flexibility index (Phi) is 4.86. The maximum atomic E-state index is 12.3. The van der Waals surface area contributed by atoms with E-state index in [1.807, 2.05) is 37.3 Å². The third-order valence-electron chi connectivity index (χ3n) is 4.63. The number of nitrogens with one attached hydrogen (secondary N) is 1. The van der Waals surface area contributed by atoms with Gasteiger partial charge in [0.1, 0.15) is 0 Å². The van der Waals surface area contributed by atoms with Crippen LogP contribution in [0, 0.1) is 6.92 Å². The van der Waals surface area contributed by atoms with Crippen LogP contribution in [-0.2, 0) is 4.79 Å². The predicted molar refractivity (Wildman–Crippen MR) is 108 cm³/mol. The summed E-state index contributed by atoms with van der Waals surface area (Å²) in [5.41, 5.74) is 3.11. The van der Waals surface area contributed by atoms with Gasteiger partial charge in [-0.1, -0.05) is 41.2 Å². The Labute approximate surface area is 157 Å².